The van der Waals surface area contributed by atoms with Gasteiger partial charge in [0.2, 0.25) is 0 Å². The summed E-state index contributed by atoms with van der Waals surface area (Å²) in [5.41, 5.74) is 4.55. The SMILES string of the molecule is COc1cc(/C=N\NC(=O)c2ccccc2C)cc(I)c1OCC(=O)O. The normalized spacial score (nSPS) is 10.6. The number of halogens is 1. The minimum Gasteiger partial charge on any atom is -0.493 e. The number of carboxylic acid groups (broad SMARTS) is 1. The van der Waals surface area contributed by atoms with Crippen LogP contribution in [0.3, 0.4) is 0 Å². The van der Waals surface area contributed by atoms with Crippen LogP contribution in [0.1, 0.15) is 21.5 Å². The fraction of sp³-hybridized carbons (Fsp3) is 0.167. The zero-order chi connectivity index (χ0) is 19.1. The number of amides is 1. The van der Waals surface area contributed by atoms with E-state index in [1.807, 2.05) is 41.6 Å². The van der Waals surface area contributed by atoms with Crippen molar-refractivity contribution in [3.05, 3.63) is 56.7 Å². The van der Waals surface area contributed by atoms with Gasteiger partial charge in [0.25, 0.3) is 5.91 Å². The topological polar surface area (TPSA) is 97.2 Å². The van der Waals surface area contributed by atoms with Crippen molar-refractivity contribution in [3.8, 4) is 11.5 Å². The molecule has 0 radical (unpaired) electrons. The zero-order valence-electron chi connectivity index (χ0n) is 14.2. The van der Waals surface area contributed by atoms with E-state index in [-0.39, 0.29) is 5.91 Å². The number of carbonyl (C=O) groups is 2. The van der Waals surface area contributed by atoms with Gasteiger partial charge in [0.05, 0.1) is 16.9 Å². The Bertz CT molecular complexity index is 851. The first-order valence-corrected chi connectivity index (χ1v) is 8.61. The van der Waals surface area contributed by atoms with Crippen LogP contribution in [0.15, 0.2) is 41.5 Å². The minimum atomic E-state index is -1.08. The van der Waals surface area contributed by atoms with Gasteiger partial charge in [-0.2, -0.15) is 5.10 Å². The Labute approximate surface area is 164 Å². The third-order valence-electron chi connectivity index (χ3n) is 3.36. The number of hydrogen-bond donors (Lipinski definition) is 2. The molecule has 0 aromatic heterocycles. The maximum absolute atomic E-state index is 12.1. The molecule has 0 aliphatic heterocycles. The average molecular weight is 468 g/mol. The zero-order valence-corrected chi connectivity index (χ0v) is 16.3. The number of hydrazone groups is 1. The fourth-order valence-corrected chi connectivity index (χ4v) is 2.92. The highest BCUT2D eigenvalue weighted by molar-refractivity contribution is 14.1. The summed E-state index contributed by atoms with van der Waals surface area (Å²) >= 11 is 2.01. The molecule has 0 bridgehead atoms. The Kier molecular flexibility index (Phi) is 6.96. The predicted octanol–water partition coefficient (Wildman–Crippen LogP) is 2.84. The number of benzene rings is 2. The van der Waals surface area contributed by atoms with Crippen LogP contribution in [-0.4, -0.2) is 36.9 Å². The number of nitrogens with one attached hydrogen (secondary N) is 1. The summed E-state index contributed by atoms with van der Waals surface area (Å²) in [5.74, 6) is -0.656. The standard InChI is InChI=1S/C18H17IN2O5/c1-11-5-3-4-6-13(11)18(24)21-20-9-12-7-14(19)17(15(8-12)25-2)26-10-16(22)23/h3-9H,10H2,1-2H3,(H,21,24)(H,22,23)/b20-9-. The molecule has 2 aromatic carbocycles. The van der Waals surface area contributed by atoms with Gasteiger partial charge in [0, 0.05) is 5.56 Å². The third kappa shape index (κ3) is 5.19. The van der Waals surface area contributed by atoms with E-state index in [1.54, 1.807) is 24.3 Å². The van der Waals surface area contributed by atoms with Crippen molar-refractivity contribution in [2.75, 3.05) is 13.7 Å². The van der Waals surface area contributed by atoms with E-state index >= 15 is 0 Å². The van der Waals surface area contributed by atoms with Crippen molar-refractivity contribution in [2.45, 2.75) is 6.92 Å². The van der Waals surface area contributed by atoms with Crippen LogP contribution in [0, 0.1) is 10.5 Å². The Morgan fingerprint density at radius 1 is 1.31 bits per heavy atom. The number of aliphatic carboxylic acids is 1. The molecule has 0 atom stereocenters. The van der Waals surface area contributed by atoms with Gasteiger partial charge in [-0.3, -0.25) is 4.79 Å². The number of carboxylic acids is 1. The lowest BCUT2D eigenvalue weighted by Crippen LogP contribution is -2.18. The molecular formula is C18H17IN2O5. The predicted molar refractivity (Wildman–Crippen MR) is 105 cm³/mol. The van der Waals surface area contributed by atoms with E-state index in [1.165, 1.54) is 13.3 Å². The number of carbonyl (C=O) groups excluding carboxylic acids is 1. The molecule has 1 amide bonds. The van der Waals surface area contributed by atoms with Crippen molar-refractivity contribution < 1.29 is 24.2 Å². The molecule has 8 heteroatoms. The molecule has 136 valence electrons. The molecular weight excluding hydrogens is 451 g/mol. The van der Waals surface area contributed by atoms with Crippen molar-refractivity contribution in [1.82, 2.24) is 5.43 Å². The molecule has 0 aliphatic rings. The van der Waals surface area contributed by atoms with Crippen molar-refractivity contribution in [1.29, 1.82) is 0 Å². The maximum Gasteiger partial charge on any atom is 0.341 e. The Morgan fingerprint density at radius 2 is 2.04 bits per heavy atom. The maximum atomic E-state index is 12.1. The van der Waals surface area contributed by atoms with Crippen LogP contribution < -0.4 is 14.9 Å². The van der Waals surface area contributed by atoms with Crippen LogP contribution in [-0.2, 0) is 4.79 Å². The number of rotatable bonds is 7. The van der Waals surface area contributed by atoms with E-state index in [0.29, 0.717) is 26.2 Å². The molecule has 0 fully saturated rings. The first-order chi connectivity index (χ1) is 12.4. The first kappa shape index (κ1) is 19.7. The molecule has 2 rings (SSSR count). The van der Waals surface area contributed by atoms with Crippen LogP contribution in [0.2, 0.25) is 0 Å². The number of ether oxygens (including phenoxy) is 2. The summed E-state index contributed by atoms with van der Waals surface area (Å²) in [4.78, 5) is 22.8. The summed E-state index contributed by atoms with van der Waals surface area (Å²) in [5, 5.41) is 12.7. The van der Waals surface area contributed by atoms with E-state index < -0.39 is 12.6 Å². The van der Waals surface area contributed by atoms with E-state index in [2.05, 4.69) is 10.5 Å². The van der Waals surface area contributed by atoms with E-state index in [0.717, 1.165) is 5.56 Å². The first-order valence-electron chi connectivity index (χ1n) is 7.53. The second kappa shape index (κ2) is 9.18. The Balaban J connectivity index is 2.13. The van der Waals surface area contributed by atoms with Gasteiger partial charge in [-0.1, -0.05) is 18.2 Å². The highest BCUT2D eigenvalue weighted by atomic mass is 127. The van der Waals surface area contributed by atoms with Crippen LogP contribution in [0.5, 0.6) is 11.5 Å². The second-order valence-corrected chi connectivity index (χ2v) is 6.39. The number of methoxy groups -OCH3 is 1. The minimum absolute atomic E-state index is 0.303. The molecule has 0 unspecified atom stereocenters. The van der Waals surface area contributed by atoms with Crippen molar-refractivity contribution >= 4 is 40.7 Å². The lowest BCUT2D eigenvalue weighted by atomic mass is 10.1. The lowest BCUT2D eigenvalue weighted by Gasteiger charge is -2.12. The van der Waals surface area contributed by atoms with Gasteiger partial charge in [0.1, 0.15) is 0 Å². The Hall–Kier alpha value is -2.62. The van der Waals surface area contributed by atoms with Gasteiger partial charge >= 0.3 is 5.97 Å². The summed E-state index contributed by atoms with van der Waals surface area (Å²) < 4.78 is 11.1. The molecule has 0 saturated heterocycles. The monoisotopic (exact) mass is 468 g/mol. The van der Waals surface area contributed by atoms with Crippen LogP contribution in [0.25, 0.3) is 0 Å². The molecule has 0 heterocycles. The summed E-state index contributed by atoms with van der Waals surface area (Å²) in [6.07, 6.45) is 1.47. The molecule has 0 spiro atoms. The molecule has 26 heavy (non-hydrogen) atoms. The van der Waals surface area contributed by atoms with E-state index in [9.17, 15) is 9.59 Å². The highest BCUT2D eigenvalue weighted by Crippen LogP contribution is 2.33. The van der Waals surface area contributed by atoms with Gasteiger partial charge in [-0.05, 0) is 58.8 Å². The number of aryl methyl sites for hydroxylation is 1. The molecule has 2 N–H and O–H groups in total. The largest absolute Gasteiger partial charge is 0.493 e. The number of nitrogens with zero attached hydrogens (tertiary/aromatic N) is 1. The molecule has 0 aliphatic carbocycles. The summed E-state index contributed by atoms with van der Waals surface area (Å²) in [7, 11) is 1.46. The van der Waals surface area contributed by atoms with E-state index in [4.69, 9.17) is 14.6 Å². The van der Waals surface area contributed by atoms with Crippen LogP contribution in [0.4, 0.5) is 0 Å². The average Bonchev–Trinajstić information content (AvgIpc) is 2.60. The highest BCUT2D eigenvalue weighted by Gasteiger charge is 2.13. The second-order valence-electron chi connectivity index (χ2n) is 5.23. The van der Waals surface area contributed by atoms with Gasteiger partial charge in [-0.15, -0.1) is 0 Å². The number of hydrogen-bond acceptors (Lipinski definition) is 5. The molecule has 2 aromatic rings. The van der Waals surface area contributed by atoms with Crippen LogP contribution >= 0.6 is 22.6 Å². The third-order valence-corrected chi connectivity index (χ3v) is 4.16. The summed E-state index contributed by atoms with van der Waals surface area (Å²) in [6, 6.07) is 10.6. The van der Waals surface area contributed by atoms with Crippen molar-refractivity contribution in [3.63, 3.8) is 0 Å². The van der Waals surface area contributed by atoms with Gasteiger partial charge in [-0.25, -0.2) is 10.2 Å². The molecule has 0 saturated carbocycles. The molecule has 7 nitrogen and oxygen atoms in total. The quantitative estimate of drug-likeness (QED) is 0.370. The van der Waals surface area contributed by atoms with Gasteiger partial charge < -0.3 is 14.6 Å². The fourth-order valence-electron chi connectivity index (χ4n) is 2.14. The lowest BCUT2D eigenvalue weighted by molar-refractivity contribution is -0.139. The van der Waals surface area contributed by atoms with Crippen molar-refractivity contribution in [2.24, 2.45) is 5.10 Å². The summed E-state index contributed by atoms with van der Waals surface area (Å²) in [6.45, 7) is 1.38. The van der Waals surface area contributed by atoms with Gasteiger partial charge in [0.15, 0.2) is 18.1 Å². The smallest absolute Gasteiger partial charge is 0.341 e. The Morgan fingerprint density at radius 3 is 2.69 bits per heavy atom.